The molecule has 8 nitrogen and oxygen atoms in total. The lowest BCUT2D eigenvalue weighted by Gasteiger charge is -2.10. The first-order chi connectivity index (χ1) is 13.3. The number of non-ortho nitro benzene ring substituents is 1. The van der Waals surface area contributed by atoms with Gasteiger partial charge in [0, 0.05) is 29.4 Å². The Kier molecular flexibility index (Phi) is 5.30. The molecule has 0 saturated carbocycles. The highest BCUT2D eigenvalue weighted by atomic mass is 16.6. The van der Waals surface area contributed by atoms with E-state index in [9.17, 15) is 19.7 Å². The highest BCUT2D eigenvalue weighted by Gasteiger charge is 2.11. The summed E-state index contributed by atoms with van der Waals surface area (Å²) in [7, 11) is 0. The fourth-order valence-electron chi connectivity index (χ4n) is 2.72. The number of aryl methyl sites for hydroxylation is 2. The molecular formula is C20H18N4O4. The number of nitrogens with one attached hydrogen (secondary N) is 1. The second-order valence-corrected chi connectivity index (χ2v) is 6.38. The molecule has 0 aliphatic carbocycles. The third kappa shape index (κ3) is 4.29. The first kappa shape index (κ1) is 19.0. The minimum atomic E-state index is -0.520. The molecule has 3 aromatic rings. The summed E-state index contributed by atoms with van der Waals surface area (Å²) in [6, 6.07) is 14.4. The van der Waals surface area contributed by atoms with Crippen LogP contribution in [0.2, 0.25) is 0 Å². The summed E-state index contributed by atoms with van der Waals surface area (Å²) in [5.74, 6) is -0.457. The molecule has 0 atom stereocenters. The van der Waals surface area contributed by atoms with Crippen molar-refractivity contribution in [3.05, 3.63) is 86.2 Å². The van der Waals surface area contributed by atoms with Crippen molar-refractivity contribution in [2.45, 2.75) is 20.4 Å². The van der Waals surface area contributed by atoms with Gasteiger partial charge in [-0.15, -0.1) is 0 Å². The number of nitrogens with zero attached hydrogens (tertiary/aromatic N) is 3. The van der Waals surface area contributed by atoms with Crippen molar-refractivity contribution in [2.75, 3.05) is 5.32 Å². The van der Waals surface area contributed by atoms with Crippen LogP contribution in [0.15, 0.2) is 59.4 Å². The maximum Gasteiger partial charge on any atom is 0.269 e. The van der Waals surface area contributed by atoms with Crippen molar-refractivity contribution in [1.29, 1.82) is 0 Å². The van der Waals surface area contributed by atoms with Gasteiger partial charge in [0.05, 0.1) is 10.6 Å². The van der Waals surface area contributed by atoms with E-state index in [1.165, 1.54) is 30.3 Å². The van der Waals surface area contributed by atoms with Crippen molar-refractivity contribution in [1.82, 2.24) is 9.78 Å². The second-order valence-electron chi connectivity index (χ2n) is 6.38. The van der Waals surface area contributed by atoms with E-state index in [-0.39, 0.29) is 12.2 Å². The number of benzene rings is 2. The van der Waals surface area contributed by atoms with E-state index in [0.717, 1.165) is 21.4 Å². The third-order valence-electron chi connectivity index (χ3n) is 4.19. The molecule has 0 aliphatic heterocycles. The second kappa shape index (κ2) is 7.83. The lowest BCUT2D eigenvalue weighted by Crippen LogP contribution is -2.29. The van der Waals surface area contributed by atoms with Crippen LogP contribution in [-0.2, 0) is 11.3 Å². The summed E-state index contributed by atoms with van der Waals surface area (Å²) in [6.45, 7) is 3.65. The summed E-state index contributed by atoms with van der Waals surface area (Å²) in [6.07, 6.45) is 0. The van der Waals surface area contributed by atoms with Gasteiger partial charge in [0.25, 0.3) is 11.2 Å². The highest BCUT2D eigenvalue weighted by Crippen LogP contribution is 2.21. The van der Waals surface area contributed by atoms with Crippen LogP contribution in [0.25, 0.3) is 11.3 Å². The molecule has 0 radical (unpaired) electrons. The molecule has 0 saturated heterocycles. The predicted octanol–water partition coefficient (Wildman–Crippen LogP) is 3.07. The lowest BCUT2D eigenvalue weighted by molar-refractivity contribution is -0.384. The minimum absolute atomic E-state index is 0.0721. The van der Waals surface area contributed by atoms with Crippen LogP contribution < -0.4 is 10.9 Å². The van der Waals surface area contributed by atoms with Gasteiger partial charge in [0.2, 0.25) is 5.91 Å². The van der Waals surface area contributed by atoms with Gasteiger partial charge in [0.15, 0.2) is 0 Å². The Morgan fingerprint density at radius 2 is 1.82 bits per heavy atom. The molecule has 1 aromatic heterocycles. The predicted molar refractivity (Wildman–Crippen MR) is 105 cm³/mol. The van der Waals surface area contributed by atoms with Crippen LogP contribution in [0.5, 0.6) is 0 Å². The summed E-state index contributed by atoms with van der Waals surface area (Å²) >= 11 is 0. The zero-order valence-corrected chi connectivity index (χ0v) is 15.4. The van der Waals surface area contributed by atoms with Gasteiger partial charge in [-0.25, -0.2) is 4.68 Å². The average Bonchev–Trinajstić information content (AvgIpc) is 2.66. The Balaban J connectivity index is 1.80. The molecule has 142 valence electrons. The molecule has 1 N–H and O–H groups in total. The Bertz CT molecular complexity index is 1100. The van der Waals surface area contributed by atoms with Crippen LogP contribution in [0.4, 0.5) is 11.4 Å². The van der Waals surface area contributed by atoms with Crippen molar-refractivity contribution in [2.24, 2.45) is 0 Å². The van der Waals surface area contributed by atoms with Crippen LogP contribution in [-0.4, -0.2) is 20.6 Å². The summed E-state index contributed by atoms with van der Waals surface area (Å²) in [5, 5.41) is 17.6. The van der Waals surface area contributed by atoms with Gasteiger partial charge in [-0.1, -0.05) is 17.7 Å². The Labute approximate surface area is 160 Å². The Morgan fingerprint density at radius 3 is 2.50 bits per heavy atom. The SMILES string of the molecule is Cc1ccc(C)c(-c2ccc(=O)n(CC(=O)Nc3ccc([N+](=O)[O-])cc3)n2)c1. The van der Waals surface area contributed by atoms with E-state index in [0.29, 0.717) is 11.4 Å². The Morgan fingerprint density at radius 1 is 1.11 bits per heavy atom. The summed E-state index contributed by atoms with van der Waals surface area (Å²) in [5.41, 5.74) is 3.50. The number of amides is 1. The number of nitro benzene ring substituents is 1. The molecule has 3 rings (SSSR count). The summed E-state index contributed by atoms with van der Waals surface area (Å²) in [4.78, 5) is 34.5. The van der Waals surface area contributed by atoms with Crippen molar-refractivity contribution >= 4 is 17.3 Å². The number of rotatable bonds is 5. The monoisotopic (exact) mass is 378 g/mol. The minimum Gasteiger partial charge on any atom is -0.324 e. The molecule has 1 heterocycles. The first-order valence-corrected chi connectivity index (χ1v) is 8.53. The average molecular weight is 378 g/mol. The quantitative estimate of drug-likeness (QED) is 0.542. The molecular weight excluding hydrogens is 360 g/mol. The standard InChI is InChI=1S/C20H18N4O4/c1-13-3-4-14(2)17(11-13)18-9-10-20(26)23(22-18)12-19(25)21-15-5-7-16(8-6-15)24(27)28/h3-11H,12H2,1-2H3,(H,21,25). The molecule has 8 heteroatoms. The number of hydrogen-bond acceptors (Lipinski definition) is 5. The highest BCUT2D eigenvalue weighted by molar-refractivity contribution is 5.90. The number of carbonyl (C=O) groups excluding carboxylic acids is 1. The van der Waals surface area contributed by atoms with Gasteiger partial charge >= 0.3 is 0 Å². The van der Waals surface area contributed by atoms with Gasteiger partial charge in [-0.3, -0.25) is 19.7 Å². The number of nitro groups is 1. The van der Waals surface area contributed by atoms with Crippen LogP contribution in [0.3, 0.4) is 0 Å². The van der Waals surface area contributed by atoms with Gasteiger partial charge < -0.3 is 5.32 Å². The molecule has 0 fully saturated rings. The van der Waals surface area contributed by atoms with Crippen molar-refractivity contribution in [3.63, 3.8) is 0 Å². The largest absolute Gasteiger partial charge is 0.324 e. The van der Waals surface area contributed by atoms with Gasteiger partial charge in [-0.05, 0) is 43.7 Å². The third-order valence-corrected chi connectivity index (χ3v) is 4.19. The molecule has 0 unspecified atom stereocenters. The van der Waals surface area contributed by atoms with E-state index in [2.05, 4.69) is 10.4 Å². The van der Waals surface area contributed by atoms with E-state index in [4.69, 9.17) is 0 Å². The molecule has 1 amide bonds. The van der Waals surface area contributed by atoms with Crippen LogP contribution >= 0.6 is 0 Å². The topological polar surface area (TPSA) is 107 Å². The maximum absolute atomic E-state index is 12.3. The normalized spacial score (nSPS) is 10.5. The van der Waals surface area contributed by atoms with Crippen LogP contribution in [0, 0.1) is 24.0 Å². The number of carbonyl (C=O) groups is 1. The van der Waals surface area contributed by atoms with E-state index in [1.54, 1.807) is 6.07 Å². The van der Waals surface area contributed by atoms with E-state index in [1.807, 2.05) is 32.0 Å². The molecule has 0 spiro atoms. The maximum atomic E-state index is 12.3. The molecule has 2 aromatic carbocycles. The van der Waals surface area contributed by atoms with Gasteiger partial charge in [0.1, 0.15) is 6.54 Å². The van der Waals surface area contributed by atoms with Crippen molar-refractivity contribution < 1.29 is 9.72 Å². The molecule has 0 bridgehead atoms. The van der Waals surface area contributed by atoms with E-state index < -0.39 is 16.4 Å². The molecule has 28 heavy (non-hydrogen) atoms. The Hall–Kier alpha value is -3.81. The van der Waals surface area contributed by atoms with Gasteiger partial charge in [-0.2, -0.15) is 5.10 Å². The number of aromatic nitrogens is 2. The number of anilines is 1. The van der Waals surface area contributed by atoms with Crippen LogP contribution in [0.1, 0.15) is 11.1 Å². The van der Waals surface area contributed by atoms with E-state index >= 15 is 0 Å². The fraction of sp³-hybridized carbons (Fsp3) is 0.150. The van der Waals surface area contributed by atoms with Crippen molar-refractivity contribution in [3.8, 4) is 11.3 Å². The summed E-state index contributed by atoms with van der Waals surface area (Å²) < 4.78 is 1.10. The zero-order chi connectivity index (χ0) is 20.3. The lowest BCUT2D eigenvalue weighted by atomic mass is 10.0. The zero-order valence-electron chi connectivity index (χ0n) is 15.4. The first-order valence-electron chi connectivity index (χ1n) is 8.53. The number of hydrogen-bond donors (Lipinski definition) is 1. The smallest absolute Gasteiger partial charge is 0.269 e. The fourth-order valence-corrected chi connectivity index (χ4v) is 2.72. The molecule has 0 aliphatic rings.